The lowest BCUT2D eigenvalue weighted by molar-refractivity contribution is -0.132. The minimum Gasteiger partial charge on any atom is -0.507 e. The van der Waals surface area contributed by atoms with Crippen LogP contribution in [-0.4, -0.2) is 41.6 Å². The van der Waals surface area contributed by atoms with E-state index in [0.29, 0.717) is 24.4 Å². The summed E-state index contributed by atoms with van der Waals surface area (Å²) >= 11 is 0. The molecular formula is C29H25N3O4. The molecule has 1 atom stereocenters. The number of likely N-dealkylation sites (N-methyl/N-ethyl adjacent to an activating group) is 1. The summed E-state index contributed by atoms with van der Waals surface area (Å²) in [6.07, 6.45) is 1.93. The van der Waals surface area contributed by atoms with Crippen molar-refractivity contribution in [3.8, 4) is 5.75 Å². The Kier molecular flexibility index (Phi) is 5.07. The molecule has 6 rings (SSSR count). The molecule has 3 heterocycles. The molecule has 0 saturated carbocycles. The number of para-hydroxylation sites is 2. The quantitative estimate of drug-likeness (QED) is 0.263. The molecule has 0 bridgehead atoms. The number of Topliss-reactive ketones (excluding diaryl/α,β-unsaturated/α-hetero) is 1. The maximum atomic E-state index is 13.5. The number of aryl methyl sites for hydroxylation is 1. The summed E-state index contributed by atoms with van der Waals surface area (Å²) in [6.45, 7) is 1.30. The predicted molar refractivity (Wildman–Crippen MR) is 139 cm³/mol. The molecule has 1 saturated heterocycles. The SMILES string of the molecule is CN1CCOc2ccc(/C(O)=C3\C(=O)C(=O)N(c4ccccc4)C3c3cn(C)c4ccccc34)cc21. The molecule has 1 aromatic heterocycles. The summed E-state index contributed by atoms with van der Waals surface area (Å²) in [5, 5.41) is 12.5. The Balaban J connectivity index is 1.60. The average Bonchev–Trinajstić information content (AvgIpc) is 3.37. The summed E-state index contributed by atoms with van der Waals surface area (Å²) < 4.78 is 7.71. The number of carbonyl (C=O) groups excluding carboxylic acids is 2. The highest BCUT2D eigenvalue weighted by molar-refractivity contribution is 6.51. The third-order valence-corrected chi connectivity index (χ3v) is 7.03. The molecule has 7 heteroatoms. The van der Waals surface area contributed by atoms with Crippen molar-refractivity contribution in [3.63, 3.8) is 0 Å². The van der Waals surface area contributed by atoms with Crippen LogP contribution in [-0.2, 0) is 16.6 Å². The maximum Gasteiger partial charge on any atom is 0.300 e. The Hall–Kier alpha value is -4.52. The number of nitrogens with zero attached hydrogens (tertiary/aromatic N) is 3. The number of hydrogen-bond donors (Lipinski definition) is 1. The lowest BCUT2D eigenvalue weighted by Crippen LogP contribution is -2.29. The number of fused-ring (bicyclic) bond motifs is 2. The van der Waals surface area contributed by atoms with E-state index >= 15 is 0 Å². The van der Waals surface area contributed by atoms with Crippen molar-refractivity contribution < 1.29 is 19.4 Å². The molecule has 0 aliphatic carbocycles. The number of ether oxygens (including phenoxy) is 1. The first-order chi connectivity index (χ1) is 17.5. The van der Waals surface area contributed by atoms with Crippen LogP contribution < -0.4 is 14.5 Å². The second-order valence-electron chi connectivity index (χ2n) is 9.17. The van der Waals surface area contributed by atoms with Gasteiger partial charge in [0, 0.05) is 48.0 Å². The Bertz CT molecular complexity index is 1550. The van der Waals surface area contributed by atoms with E-state index in [1.54, 1.807) is 30.3 Å². The Labute approximate surface area is 208 Å². The number of aliphatic hydroxyl groups excluding tert-OH is 1. The Morgan fingerprint density at radius 1 is 0.972 bits per heavy atom. The number of hydrogen-bond acceptors (Lipinski definition) is 5. The second-order valence-corrected chi connectivity index (χ2v) is 9.17. The number of aliphatic hydroxyl groups is 1. The maximum absolute atomic E-state index is 13.5. The van der Waals surface area contributed by atoms with Crippen molar-refractivity contribution in [1.29, 1.82) is 0 Å². The number of ketones is 1. The average molecular weight is 480 g/mol. The van der Waals surface area contributed by atoms with Gasteiger partial charge in [-0.05, 0) is 36.4 Å². The topological polar surface area (TPSA) is 75.0 Å². The van der Waals surface area contributed by atoms with Crippen LogP contribution in [0.2, 0.25) is 0 Å². The fourth-order valence-electron chi connectivity index (χ4n) is 5.23. The van der Waals surface area contributed by atoms with Crippen LogP contribution in [0.15, 0.2) is 84.6 Å². The van der Waals surface area contributed by atoms with Crippen LogP contribution in [0.4, 0.5) is 11.4 Å². The van der Waals surface area contributed by atoms with Crippen LogP contribution in [0.3, 0.4) is 0 Å². The molecular weight excluding hydrogens is 454 g/mol. The van der Waals surface area contributed by atoms with Crippen molar-refractivity contribution in [2.75, 3.05) is 30.0 Å². The van der Waals surface area contributed by atoms with Gasteiger partial charge in [0.05, 0.1) is 23.8 Å². The predicted octanol–water partition coefficient (Wildman–Crippen LogP) is 4.63. The summed E-state index contributed by atoms with van der Waals surface area (Å²) in [4.78, 5) is 30.5. The van der Waals surface area contributed by atoms with Gasteiger partial charge in [-0.2, -0.15) is 0 Å². The van der Waals surface area contributed by atoms with Gasteiger partial charge in [-0.25, -0.2) is 0 Å². The lowest BCUT2D eigenvalue weighted by Gasteiger charge is -2.28. The van der Waals surface area contributed by atoms with Crippen molar-refractivity contribution >= 4 is 39.7 Å². The van der Waals surface area contributed by atoms with E-state index in [-0.39, 0.29) is 11.3 Å². The fraction of sp³-hybridized carbons (Fsp3) is 0.172. The minimum absolute atomic E-state index is 0.0690. The van der Waals surface area contributed by atoms with E-state index < -0.39 is 17.7 Å². The first-order valence-electron chi connectivity index (χ1n) is 11.8. The molecule has 4 aromatic rings. The van der Waals surface area contributed by atoms with Crippen molar-refractivity contribution in [2.24, 2.45) is 7.05 Å². The zero-order chi connectivity index (χ0) is 25.0. The van der Waals surface area contributed by atoms with Gasteiger partial charge in [-0.3, -0.25) is 14.5 Å². The van der Waals surface area contributed by atoms with E-state index in [2.05, 4.69) is 0 Å². The second kappa shape index (κ2) is 8.30. The third-order valence-electron chi connectivity index (χ3n) is 7.03. The molecule has 2 aliphatic rings. The lowest BCUT2D eigenvalue weighted by atomic mass is 9.94. The van der Waals surface area contributed by atoms with Gasteiger partial charge >= 0.3 is 0 Å². The number of amides is 1. The molecule has 2 aliphatic heterocycles. The number of rotatable bonds is 3. The highest BCUT2D eigenvalue weighted by atomic mass is 16.5. The molecule has 7 nitrogen and oxygen atoms in total. The van der Waals surface area contributed by atoms with Gasteiger partial charge < -0.3 is 19.3 Å². The highest BCUT2D eigenvalue weighted by Crippen LogP contribution is 2.45. The summed E-state index contributed by atoms with van der Waals surface area (Å²) in [6, 6.07) is 21.5. The number of carbonyl (C=O) groups is 2. The summed E-state index contributed by atoms with van der Waals surface area (Å²) in [5.74, 6) is -0.863. The molecule has 0 radical (unpaired) electrons. The van der Waals surface area contributed by atoms with Crippen LogP contribution >= 0.6 is 0 Å². The highest BCUT2D eigenvalue weighted by Gasteiger charge is 2.48. The molecule has 0 spiro atoms. The minimum atomic E-state index is -0.788. The smallest absolute Gasteiger partial charge is 0.300 e. The number of aromatic nitrogens is 1. The van der Waals surface area contributed by atoms with Gasteiger partial charge in [0.25, 0.3) is 11.7 Å². The van der Waals surface area contributed by atoms with Crippen molar-refractivity contribution in [1.82, 2.24) is 4.57 Å². The molecule has 36 heavy (non-hydrogen) atoms. The van der Waals surface area contributed by atoms with Gasteiger partial charge in [-0.15, -0.1) is 0 Å². The van der Waals surface area contributed by atoms with Gasteiger partial charge in [0.2, 0.25) is 0 Å². The Morgan fingerprint density at radius 3 is 2.53 bits per heavy atom. The summed E-state index contributed by atoms with van der Waals surface area (Å²) in [7, 11) is 3.88. The standard InChI is InChI=1S/C29H25N3O4/c1-30-14-15-36-24-13-12-18(16-23(24)30)27(33)25-26(21-17-31(2)22-11-7-6-10-20(21)22)32(29(35)28(25)34)19-8-4-3-5-9-19/h3-13,16-17,26,33H,14-15H2,1-2H3/b27-25+. The van der Waals surface area contributed by atoms with E-state index in [9.17, 15) is 14.7 Å². The molecule has 1 amide bonds. The van der Waals surface area contributed by atoms with E-state index in [0.717, 1.165) is 27.9 Å². The van der Waals surface area contributed by atoms with Crippen molar-refractivity contribution in [3.05, 3.63) is 95.7 Å². The van der Waals surface area contributed by atoms with Gasteiger partial charge in [-0.1, -0.05) is 36.4 Å². The van der Waals surface area contributed by atoms with E-state index in [1.165, 1.54) is 4.90 Å². The first-order valence-corrected chi connectivity index (χ1v) is 11.8. The molecule has 3 aromatic carbocycles. The molecule has 180 valence electrons. The van der Waals surface area contributed by atoms with Gasteiger partial charge in [0.15, 0.2) is 0 Å². The fourth-order valence-corrected chi connectivity index (χ4v) is 5.23. The third kappa shape index (κ3) is 3.27. The van der Waals surface area contributed by atoms with E-state index in [4.69, 9.17) is 4.74 Å². The molecule has 1 N–H and O–H groups in total. The number of anilines is 2. The van der Waals surface area contributed by atoms with E-state index in [1.807, 2.05) is 72.2 Å². The van der Waals surface area contributed by atoms with Crippen LogP contribution in [0, 0.1) is 0 Å². The van der Waals surface area contributed by atoms with Crippen LogP contribution in [0.1, 0.15) is 17.2 Å². The van der Waals surface area contributed by atoms with Crippen molar-refractivity contribution in [2.45, 2.75) is 6.04 Å². The van der Waals surface area contributed by atoms with Crippen LogP contribution in [0.25, 0.3) is 16.7 Å². The first kappa shape index (κ1) is 22.0. The zero-order valence-corrected chi connectivity index (χ0v) is 20.0. The van der Waals surface area contributed by atoms with Crippen LogP contribution in [0.5, 0.6) is 5.75 Å². The Morgan fingerprint density at radius 2 is 1.72 bits per heavy atom. The molecule has 1 fully saturated rings. The zero-order valence-electron chi connectivity index (χ0n) is 20.0. The number of benzene rings is 3. The molecule has 1 unspecified atom stereocenters. The monoisotopic (exact) mass is 479 g/mol. The van der Waals surface area contributed by atoms with Gasteiger partial charge in [0.1, 0.15) is 18.1 Å². The normalized spacial score (nSPS) is 19.0. The largest absolute Gasteiger partial charge is 0.507 e. The summed E-state index contributed by atoms with van der Waals surface area (Å²) in [5.41, 5.74) is 3.69.